The summed E-state index contributed by atoms with van der Waals surface area (Å²) in [4.78, 5) is 24.9. The van der Waals surface area contributed by atoms with E-state index >= 15 is 0 Å². The van der Waals surface area contributed by atoms with E-state index in [0.29, 0.717) is 22.2 Å². The third-order valence-electron chi connectivity index (χ3n) is 5.19. The van der Waals surface area contributed by atoms with E-state index in [4.69, 9.17) is 12.3 Å². The van der Waals surface area contributed by atoms with Gasteiger partial charge in [0.15, 0.2) is 0 Å². The average Bonchev–Trinajstić information content (AvgIpc) is 2.76. The number of nitrogens with two attached hydrogens (primary N) is 1. The van der Waals surface area contributed by atoms with Gasteiger partial charge < -0.3 is 11.1 Å². The summed E-state index contributed by atoms with van der Waals surface area (Å²) >= 11 is 0. The minimum Gasteiger partial charge on any atom is -0.392 e. The molecule has 0 aliphatic heterocycles. The molecule has 8 heteroatoms. The van der Waals surface area contributed by atoms with Crippen molar-refractivity contribution in [3.8, 4) is 11.1 Å². The molecule has 0 fully saturated rings. The first-order valence-corrected chi connectivity index (χ1v) is 9.57. The number of hydrogen-bond donors (Lipinski definition) is 2. The van der Waals surface area contributed by atoms with E-state index in [0.717, 1.165) is 0 Å². The topological polar surface area (TPSA) is 89.7 Å². The second-order valence-corrected chi connectivity index (χ2v) is 7.11. The molecule has 0 aliphatic carbocycles. The fourth-order valence-electron chi connectivity index (χ4n) is 3.63. The van der Waals surface area contributed by atoms with Crippen molar-refractivity contribution in [1.82, 2.24) is 14.4 Å². The normalized spacial score (nSPS) is 11.8. The number of hydrogen-bond acceptors (Lipinski definition) is 5. The Balaban J connectivity index is 1.95. The van der Waals surface area contributed by atoms with Crippen LogP contribution in [0.2, 0.25) is 0 Å². The van der Waals surface area contributed by atoms with Gasteiger partial charge in [0.25, 0.3) is 11.2 Å². The highest BCUT2D eigenvalue weighted by Gasteiger charge is 2.21. The molecule has 3 N–H and O–H groups in total. The van der Waals surface area contributed by atoms with Gasteiger partial charge in [0, 0.05) is 11.6 Å². The summed E-state index contributed by atoms with van der Waals surface area (Å²) < 4.78 is 15.6. The first-order chi connectivity index (χ1) is 14.9. The summed E-state index contributed by atoms with van der Waals surface area (Å²) in [5.74, 6) is -0.0946. The fraction of sp³-hybridized carbons (Fsp3) is 0.130. The van der Waals surface area contributed by atoms with E-state index in [-0.39, 0.29) is 28.6 Å². The summed E-state index contributed by atoms with van der Waals surface area (Å²) in [6.07, 6.45) is 1.28. The lowest BCUT2D eigenvalue weighted by Gasteiger charge is -2.21. The number of aromatic nitrogens is 3. The zero-order valence-electron chi connectivity index (χ0n) is 16.9. The Labute approximate surface area is 177 Å². The Kier molecular flexibility index (Phi) is 5.09. The molecule has 0 saturated carbocycles. The Morgan fingerprint density at radius 1 is 1.19 bits per heavy atom. The highest BCUT2D eigenvalue weighted by Crippen LogP contribution is 2.33. The predicted molar refractivity (Wildman–Crippen MR) is 119 cm³/mol. The van der Waals surface area contributed by atoms with Crippen LogP contribution in [-0.4, -0.2) is 14.4 Å². The van der Waals surface area contributed by atoms with Gasteiger partial charge >= 0.3 is 0 Å². The maximum atomic E-state index is 14.2. The van der Waals surface area contributed by atoms with Gasteiger partial charge in [-0.3, -0.25) is 9.20 Å². The SMILES string of the molecule is [C-]#[N+]c1c(N)ncnc1N[C@@H](C)c1cc2ccc(F)c(C)n2c(=O)c1-c1ccccc1. The van der Waals surface area contributed by atoms with Crippen LogP contribution in [0.25, 0.3) is 21.5 Å². The van der Waals surface area contributed by atoms with Crippen molar-refractivity contribution in [2.24, 2.45) is 0 Å². The van der Waals surface area contributed by atoms with Crippen molar-refractivity contribution in [3.05, 3.63) is 93.7 Å². The standard InChI is InChI=1S/C23H19FN6O/c1-13(29-22-20(26-3)21(25)27-12-28-22)17-11-16-9-10-18(24)14(2)30(16)23(31)19(17)15-7-5-4-6-8-15/h4-13H,1-2H3,(H3,25,27,28,29)/t13-/m0/s1. The second kappa shape index (κ2) is 7.88. The number of benzene rings is 1. The summed E-state index contributed by atoms with van der Waals surface area (Å²) in [7, 11) is 0. The minimum atomic E-state index is -0.453. The lowest BCUT2D eigenvalue weighted by Crippen LogP contribution is -2.23. The van der Waals surface area contributed by atoms with Gasteiger partial charge in [0.1, 0.15) is 23.8 Å². The monoisotopic (exact) mass is 414 g/mol. The van der Waals surface area contributed by atoms with Crippen LogP contribution in [0.4, 0.5) is 21.7 Å². The van der Waals surface area contributed by atoms with E-state index in [2.05, 4.69) is 20.1 Å². The highest BCUT2D eigenvalue weighted by atomic mass is 19.1. The lowest BCUT2D eigenvalue weighted by molar-refractivity contribution is 0.605. The maximum absolute atomic E-state index is 14.2. The van der Waals surface area contributed by atoms with E-state index in [1.54, 1.807) is 13.0 Å². The van der Waals surface area contributed by atoms with Gasteiger partial charge in [-0.25, -0.2) is 19.2 Å². The number of nitrogens with zero attached hydrogens (tertiary/aromatic N) is 4. The van der Waals surface area contributed by atoms with Crippen molar-refractivity contribution in [2.45, 2.75) is 19.9 Å². The van der Waals surface area contributed by atoms with Crippen LogP contribution in [0.1, 0.15) is 24.2 Å². The molecular weight excluding hydrogens is 395 g/mol. The molecule has 0 bridgehead atoms. The lowest BCUT2D eigenvalue weighted by atomic mass is 9.96. The smallest absolute Gasteiger partial charge is 0.268 e. The van der Waals surface area contributed by atoms with Crippen LogP contribution in [0, 0.1) is 19.3 Å². The van der Waals surface area contributed by atoms with Crippen LogP contribution < -0.4 is 16.6 Å². The van der Waals surface area contributed by atoms with Gasteiger partial charge in [-0.05, 0) is 43.2 Å². The molecule has 0 unspecified atom stereocenters. The second-order valence-electron chi connectivity index (χ2n) is 7.11. The Morgan fingerprint density at radius 3 is 2.65 bits per heavy atom. The number of anilines is 2. The highest BCUT2D eigenvalue weighted by molar-refractivity contribution is 5.77. The summed E-state index contributed by atoms with van der Waals surface area (Å²) in [6, 6.07) is 13.6. The molecule has 0 radical (unpaired) electrons. The molecule has 1 aromatic carbocycles. The van der Waals surface area contributed by atoms with Crippen molar-refractivity contribution >= 4 is 22.8 Å². The number of nitrogen functional groups attached to an aromatic ring is 1. The molecule has 0 amide bonds. The molecule has 3 heterocycles. The van der Waals surface area contributed by atoms with E-state index in [9.17, 15) is 9.18 Å². The molecule has 154 valence electrons. The van der Waals surface area contributed by atoms with Crippen LogP contribution in [0.3, 0.4) is 0 Å². The van der Waals surface area contributed by atoms with Crippen LogP contribution in [-0.2, 0) is 0 Å². The molecule has 3 aromatic heterocycles. The maximum Gasteiger partial charge on any atom is 0.268 e. The molecular formula is C23H19FN6O. The fourth-order valence-corrected chi connectivity index (χ4v) is 3.63. The van der Waals surface area contributed by atoms with Gasteiger partial charge in [-0.1, -0.05) is 30.3 Å². The zero-order chi connectivity index (χ0) is 22.1. The van der Waals surface area contributed by atoms with Gasteiger partial charge in [-0.15, -0.1) is 0 Å². The first kappa shape index (κ1) is 20.0. The van der Waals surface area contributed by atoms with Crippen molar-refractivity contribution in [3.63, 3.8) is 0 Å². The number of pyridine rings is 2. The first-order valence-electron chi connectivity index (χ1n) is 9.57. The predicted octanol–water partition coefficient (Wildman–Crippen LogP) is 4.51. The van der Waals surface area contributed by atoms with Crippen molar-refractivity contribution in [2.75, 3.05) is 11.1 Å². The summed E-state index contributed by atoms with van der Waals surface area (Å²) in [6.45, 7) is 10.8. The number of aryl methyl sites for hydroxylation is 1. The van der Waals surface area contributed by atoms with E-state index < -0.39 is 11.9 Å². The molecule has 7 nitrogen and oxygen atoms in total. The largest absolute Gasteiger partial charge is 0.392 e. The summed E-state index contributed by atoms with van der Waals surface area (Å²) in [5, 5.41) is 3.18. The Morgan fingerprint density at radius 2 is 1.94 bits per heavy atom. The van der Waals surface area contributed by atoms with E-state index in [1.807, 2.05) is 43.3 Å². The third-order valence-corrected chi connectivity index (χ3v) is 5.19. The van der Waals surface area contributed by atoms with Gasteiger partial charge in [-0.2, -0.15) is 0 Å². The minimum absolute atomic E-state index is 0.0765. The molecule has 0 aliphatic rings. The van der Waals surface area contributed by atoms with Crippen LogP contribution in [0.5, 0.6) is 0 Å². The number of nitrogens with one attached hydrogen (secondary N) is 1. The van der Waals surface area contributed by atoms with Gasteiger partial charge in [0.2, 0.25) is 0 Å². The number of halogens is 1. The Hall–Kier alpha value is -4.25. The van der Waals surface area contributed by atoms with Crippen molar-refractivity contribution in [1.29, 1.82) is 0 Å². The van der Waals surface area contributed by atoms with Crippen LogP contribution in [0.15, 0.2) is 59.7 Å². The average molecular weight is 414 g/mol. The molecule has 4 aromatic rings. The molecule has 1 atom stereocenters. The number of rotatable bonds is 4. The number of fused-ring (bicyclic) bond motifs is 1. The summed E-state index contributed by atoms with van der Waals surface area (Å²) in [5.41, 5.74) is 8.25. The quantitative estimate of drug-likeness (QED) is 0.480. The van der Waals surface area contributed by atoms with Gasteiger partial charge in [0.05, 0.1) is 17.8 Å². The molecule has 0 saturated heterocycles. The van der Waals surface area contributed by atoms with Crippen molar-refractivity contribution < 1.29 is 4.39 Å². The molecule has 31 heavy (non-hydrogen) atoms. The zero-order valence-corrected chi connectivity index (χ0v) is 16.9. The van der Waals surface area contributed by atoms with E-state index in [1.165, 1.54) is 16.8 Å². The van der Waals surface area contributed by atoms with Crippen LogP contribution >= 0.6 is 0 Å². The molecule has 4 rings (SSSR count). The third kappa shape index (κ3) is 3.46. The molecule has 0 spiro atoms. The Bertz CT molecular complexity index is 1390.